The molecule has 1 aliphatic heterocycles. The van der Waals surface area contributed by atoms with Gasteiger partial charge in [0.1, 0.15) is 5.82 Å². The normalized spacial score (nSPS) is 30.9. The molecule has 1 aliphatic carbocycles. The van der Waals surface area contributed by atoms with E-state index in [1.54, 1.807) is 16.8 Å². The van der Waals surface area contributed by atoms with E-state index in [4.69, 9.17) is 5.73 Å². The highest BCUT2D eigenvalue weighted by molar-refractivity contribution is 5.77. The Kier molecular flexibility index (Phi) is 2.57. The number of carbonyl (C=O) groups is 1. The first-order valence-electron chi connectivity index (χ1n) is 6.27. The Balaban J connectivity index is 1.92. The quantitative estimate of drug-likeness (QED) is 0.735. The lowest BCUT2D eigenvalue weighted by Crippen LogP contribution is -2.51. The summed E-state index contributed by atoms with van der Waals surface area (Å²) in [7, 11) is 0. The first-order chi connectivity index (χ1) is 8.63. The first kappa shape index (κ1) is 11.3. The minimum absolute atomic E-state index is 0.00565. The van der Waals surface area contributed by atoms with Gasteiger partial charge >= 0.3 is 5.69 Å². The average molecular weight is 248 g/mol. The second kappa shape index (κ2) is 4.12. The van der Waals surface area contributed by atoms with Crippen LogP contribution in [0.5, 0.6) is 0 Å². The number of nitrogens with two attached hydrogens (primary N) is 1. The number of nitrogens with one attached hydrogen (secondary N) is 1. The van der Waals surface area contributed by atoms with Crippen LogP contribution in [0.15, 0.2) is 17.1 Å². The Labute approximate surface area is 104 Å². The number of amides is 1. The van der Waals surface area contributed by atoms with E-state index < -0.39 is 0 Å². The van der Waals surface area contributed by atoms with E-state index in [1.807, 2.05) is 0 Å². The molecule has 1 saturated carbocycles. The first-order valence-corrected chi connectivity index (χ1v) is 6.27. The third-order valence-corrected chi connectivity index (χ3v) is 3.95. The Morgan fingerprint density at radius 3 is 3.00 bits per heavy atom. The standard InChI is InChI=1S/C12H16N4O2/c13-10-3-4-16(12(18)15-10)9-2-1-7-5-8(9)14-11(17)6-7/h3-4,7-9H,1-2,5-6H2,(H,14,17)(H2,13,15,18)/t7-,8+,9+/m1/s1. The minimum Gasteiger partial charge on any atom is -0.383 e. The van der Waals surface area contributed by atoms with Crippen molar-refractivity contribution in [1.29, 1.82) is 0 Å². The fourth-order valence-corrected chi connectivity index (χ4v) is 3.12. The highest BCUT2D eigenvalue weighted by atomic mass is 16.2. The number of nitrogen functional groups attached to an aromatic ring is 1. The molecule has 0 radical (unpaired) electrons. The number of nitrogens with zero attached hydrogens (tertiary/aromatic N) is 2. The predicted molar refractivity (Wildman–Crippen MR) is 65.8 cm³/mol. The van der Waals surface area contributed by atoms with E-state index in [0.717, 1.165) is 19.3 Å². The molecule has 0 aromatic carbocycles. The van der Waals surface area contributed by atoms with Gasteiger partial charge in [0.15, 0.2) is 0 Å². The van der Waals surface area contributed by atoms with Gasteiger partial charge in [-0.2, -0.15) is 4.98 Å². The van der Waals surface area contributed by atoms with Crippen molar-refractivity contribution in [2.45, 2.75) is 37.8 Å². The minimum atomic E-state index is -0.335. The fraction of sp³-hybridized carbons (Fsp3) is 0.583. The third kappa shape index (κ3) is 1.87. The van der Waals surface area contributed by atoms with Crippen LogP contribution in [0.4, 0.5) is 5.82 Å². The lowest BCUT2D eigenvalue weighted by Gasteiger charge is -2.40. The van der Waals surface area contributed by atoms with E-state index in [-0.39, 0.29) is 29.5 Å². The number of anilines is 1. The number of aromatic nitrogens is 2. The molecule has 2 fully saturated rings. The molecule has 6 nitrogen and oxygen atoms in total. The number of piperidine rings is 1. The SMILES string of the molecule is Nc1ccn([C@H]2CC[C@H]3CC(=O)N[C@H]2C3)c(=O)n1. The van der Waals surface area contributed by atoms with Crippen molar-refractivity contribution in [3.63, 3.8) is 0 Å². The van der Waals surface area contributed by atoms with Gasteiger partial charge in [-0.15, -0.1) is 0 Å². The van der Waals surface area contributed by atoms with Crippen LogP contribution in [0, 0.1) is 5.92 Å². The molecule has 2 heterocycles. The van der Waals surface area contributed by atoms with Crippen molar-refractivity contribution in [2.75, 3.05) is 5.73 Å². The molecule has 2 bridgehead atoms. The van der Waals surface area contributed by atoms with Crippen LogP contribution in [0.2, 0.25) is 0 Å². The molecule has 96 valence electrons. The van der Waals surface area contributed by atoms with Crippen molar-refractivity contribution in [2.24, 2.45) is 5.92 Å². The summed E-state index contributed by atoms with van der Waals surface area (Å²) in [5, 5.41) is 2.98. The summed E-state index contributed by atoms with van der Waals surface area (Å²) in [6, 6.07) is 1.68. The monoisotopic (exact) mass is 248 g/mol. The van der Waals surface area contributed by atoms with Gasteiger partial charge in [0.05, 0.1) is 6.04 Å². The molecular weight excluding hydrogens is 232 g/mol. The lowest BCUT2D eigenvalue weighted by molar-refractivity contribution is -0.126. The van der Waals surface area contributed by atoms with Crippen LogP contribution in [-0.2, 0) is 4.79 Å². The van der Waals surface area contributed by atoms with Crippen molar-refractivity contribution < 1.29 is 4.79 Å². The second-order valence-corrected chi connectivity index (χ2v) is 5.17. The molecule has 6 heteroatoms. The highest BCUT2D eigenvalue weighted by Gasteiger charge is 2.37. The van der Waals surface area contributed by atoms with E-state index in [0.29, 0.717) is 12.3 Å². The molecule has 3 rings (SSSR count). The van der Waals surface area contributed by atoms with Gasteiger partial charge in [0.2, 0.25) is 5.91 Å². The summed E-state index contributed by atoms with van der Waals surface area (Å²) in [6.45, 7) is 0. The maximum atomic E-state index is 11.8. The molecule has 0 unspecified atom stereocenters. The molecular formula is C12H16N4O2. The molecule has 1 saturated heterocycles. The summed E-state index contributed by atoms with van der Waals surface area (Å²) in [5.74, 6) is 0.799. The van der Waals surface area contributed by atoms with Crippen molar-refractivity contribution in [3.8, 4) is 0 Å². The second-order valence-electron chi connectivity index (χ2n) is 5.17. The van der Waals surface area contributed by atoms with Crippen LogP contribution in [0.25, 0.3) is 0 Å². The molecule has 2 aliphatic rings. The van der Waals surface area contributed by atoms with Gasteiger partial charge in [0.25, 0.3) is 0 Å². The summed E-state index contributed by atoms with van der Waals surface area (Å²) in [4.78, 5) is 27.1. The van der Waals surface area contributed by atoms with Crippen molar-refractivity contribution >= 4 is 11.7 Å². The summed E-state index contributed by atoms with van der Waals surface area (Å²) in [6.07, 6.45) is 5.15. The predicted octanol–water partition coefficient (Wildman–Crippen LogP) is 0.0552. The zero-order chi connectivity index (χ0) is 12.7. The fourth-order valence-electron chi connectivity index (χ4n) is 3.12. The molecule has 0 spiro atoms. The molecule has 1 aromatic heterocycles. The Bertz CT molecular complexity index is 539. The van der Waals surface area contributed by atoms with E-state index in [1.165, 1.54) is 0 Å². The molecule has 3 N–H and O–H groups in total. The highest BCUT2D eigenvalue weighted by Crippen LogP contribution is 2.36. The van der Waals surface area contributed by atoms with E-state index in [2.05, 4.69) is 10.3 Å². The number of hydrogen-bond donors (Lipinski definition) is 2. The van der Waals surface area contributed by atoms with Gasteiger partial charge in [0, 0.05) is 18.7 Å². The smallest absolute Gasteiger partial charge is 0.349 e. The number of hydrogen-bond acceptors (Lipinski definition) is 4. The zero-order valence-corrected chi connectivity index (χ0v) is 10.0. The van der Waals surface area contributed by atoms with Crippen LogP contribution in [0.3, 0.4) is 0 Å². The number of carbonyl (C=O) groups excluding carboxylic acids is 1. The maximum Gasteiger partial charge on any atom is 0.349 e. The number of fused-ring (bicyclic) bond motifs is 2. The van der Waals surface area contributed by atoms with Crippen molar-refractivity contribution in [1.82, 2.24) is 14.9 Å². The third-order valence-electron chi connectivity index (χ3n) is 3.95. The molecule has 1 aromatic rings. The van der Waals surface area contributed by atoms with Gasteiger partial charge in [-0.3, -0.25) is 9.36 Å². The van der Waals surface area contributed by atoms with Crippen LogP contribution in [0.1, 0.15) is 31.7 Å². The topological polar surface area (TPSA) is 90.0 Å². The Hall–Kier alpha value is -1.85. The van der Waals surface area contributed by atoms with Gasteiger partial charge in [-0.05, 0) is 31.2 Å². The number of rotatable bonds is 1. The summed E-state index contributed by atoms with van der Waals surface area (Å²) >= 11 is 0. The van der Waals surface area contributed by atoms with E-state index in [9.17, 15) is 9.59 Å². The average Bonchev–Trinajstić information content (AvgIpc) is 2.30. The van der Waals surface area contributed by atoms with Crippen molar-refractivity contribution in [3.05, 3.63) is 22.7 Å². The Morgan fingerprint density at radius 2 is 2.22 bits per heavy atom. The van der Waals surface area contributed by atoms with Gasteiger partial charge < -0.3 is 11.1 Å². The molecule has 3 atom stereocenters. The lowest BCUT2D eigenvalue weighted by atomic mass is 9.77. The maximum absolute atomic E-state index is 11.8. The van der Waals surface area contributed by atoms with Gasteiger partial charge in [-0.25, -0.2) is 4.79 Å². The van der Waals surface area contributed by atoms with E-state index >= 15 is 0 Å². The summed E-state index contributed by atoms with van der Waals surface area (Å²) < 4.78 is 1.60. The summed E-state index contributed by atoms with van der Waals surface area (Å²) in [5.41, 5.74) is 5.15. The molecule has 18 heavy (non-hydrogen) atoms. The zero-order valence-electron chi connectivity index (χ0n) is 10.0. The Morgan fingerprint density at radius 1 is 1.39 bits per heavy atom. The van der Waals surface area contributed by atoms with Gasteiger partial charge in [-0.1, -0.05) is 0 Å². The van der Waals surface area contributed by atoms with Crippen LogP contribution < -0.4 is 16.7 Å². The largest absolute Gasteiger partial charge is 0.383 e. The van der Waals surface area contributed by atoms with Crippen LogP contribution >= 0.6 is 0 Å². The van der Waals surface area contributed by atoms with Crippen LogP contribution in [-0.4, -0.2) is 21.5 Å². The molecule has 1 amide bonds.